The molecule has 0 saturated heterocycles. The Morgan fingerprint density at radius 1 is 1.67 bits per heavy atom. The fourth-order valence-electron chi connectivity index (χ4n) is 1.22. The Morgan fingerprint density at radius 2 is 2.40 bits per heavy atom. The van der Waals surface area contributed by atoms with Crippen LogP contribution in [0.25, 0.3) is 0 Å². The van der Waals surface area contributed by atoms with E-state index in [9.17, 15) is 4.79 Å². The van der Waals surface area contributed by atoms with Gasteiger partial charge in [-0.3, -0.25) is 9.48 Å². The first kappa shape index (κ1) is 11.7. The lowest BCUT2D eigenvalue weighted by Crippen LogP contribution is -2.29. The van der Waals surface area contributed by atoms with Gasteiger partial charge in [0.2, 0.25) is 5.91 Å². The minimum absolute atomic E-state index is 0.0132. The molecule has 84 valence electrons. The molecule has 0 radical (unpaired) electrons. The Hall–Kier alpha value is -1.36. The van der Waals surface area contributed by atoms with Gasteiger partial charge in [-0.05, 0) is 6.92 Å². The van der Waals surface area contributed by atoms with E-state index >= 15 is 0 Å². The molecule has 0 unspecified atom stereocenters. The monoisotopic (exact) mass is 211 g/mol. The van der Waals surface area contributed by atoms with Crippen molar-refractivity contribution in [2.75, 3.05) is 20.3 Å². The molecule has 15 heavy (non-hydrogen) atoms. The molecule has 0 aliphatic rings. The van der Waals surface area contributed by atoms with E-state index in [-0.39, 0.29) is 12.5 Å². The first-order valence-electron chi connectivity index (χ1n) is 4.92. The van der Waals surface area contributed by atoms with Gasteiger partial charge in [-0.25, -0.2) is 0 Å². The smallest absolute Gasteiger partial charge is 0.248 e. The number of ether oxygens (including phenoxy) is 1. The highest BCUT2D eigenvalue weighted by Crippen LogP contribution is 2.01. The van der Waals surface area contributed by atoms with Crippen LogP contribution < -0.4 is 0 Å². The van der Waals surface area contributed by atoms with Crippen molar-refractivity contribution >= 4 is 5.91 Å². The standard InChI is InChI=1S/C10H17N3O2/c1-4-15-8-10(14)12(2)6-9-5-11-13(3)7-9/h5,7H,4,6,8H2,1-3H3. The van der Waals surface area contributed by atoms with E-state index in [0.717, 1.165) is 5.56 Å². The topological polar surface area (TPSA) is 47.4 Å². The van der Waals surface area contributed by atoms with Crippen molar-refractivity contribution in [1.29, 1.82) is 0 Å². The second kappa shape index (κ2) is 5.50. The molecular weight excluding hydrogens is 194 g/mol. The second-order valence-corrected chi connectivity index (χ2v) is 3.41. The zero-order valence-electron chi connectivity index (χ0n) is 9.43. The van der Waals surface area contributed by atoms with E-state index in [2.05, 4.69) is 5.10 Å². The Kier molecular flexibility index (Phi) is 4.30. The zero-order valence-corrected chi connectivity index (χ0v) is 9.43. The maximum absolute atomic E-state index is 11.5. The van der Waals surface area contributed by atoms with Gasteiger partial charge in [-0.2, -0.15) is 5.10 Å². The van der Waals surface area contributed by atoms with Gasteiger partial charge in [-0.15, -0.1) is 0 Å². The number of hydrogen-bond acceptors (Lipinski definition) is 3. The van der Waals surface area contributed by atoms with Crippen molar-refractivity contribution in [2.24, 2.45) is 7.05 Å². The number of carbonyl (C=O) groups excluding carboxylic acids is 1. The molecule has 0 fully saturated rings. The summed E-state index contributed by atoms with van der Waals surface area (Å²) in [6.07, 6.45) is 3.65. The third-order valence-electron chi connectivity index (χ3n) is 2.03. The summed E-state index contributed by atoms with van der Waals surface area (Å²) in [6.45, 7) is 3.15. The number of aromatic nitrogens is 2. The SMILES string of the molecule is CCOCC(=O)N(C)Cc1cnn(C)c1. The minimum Gasteiger partial charge on any atom is -0.372 e. The number of rotatable bonds is 5. The van der Waals surface area contributed by atoms with Crippen molar-refractivity contribution in [1.82, 2.24) is 14.7 Å². The molecule has 1 aromatic rings. The van der Waals surface area contributed by atoms with Crippen molar-refractivity contribution < 1.29 is 9.53 Å². The van der Waals surface area contributed by atoms with E-state index in [4.69, 9.17) is 4.74 Å². The summed E-state index contributed by atoms with van der Waals surface area (Å²) >= 11 is 0. The molecule has 0 saturated carbocycles. The van der Waals surface area contributed by atoms with Crippen LogP contribution in [-0.4, -0.2) is 40.8 Å². The summed E-state index contributed by atoms with van der Waals surface area (Å²) < 4.78 is 6.77. The first-order valence-corrected chi connectivity index (χ1v) is 4.92. The van der Waals surface area contributed by atoms with Gasteiger partial charge in [0.15, 0.2) is 0 Å². The summed E-state index contributed by atoms with van der Waals surface area (Å²) in [5.74, 6) is -0.0132. The van der Waals surface area contributed by atoms with E-state index in [1.165, 1.54) is 0 Å². The van der Waals surface area contributed by atoms with Gasteiger partial charge >= 0.3 is 0 Å². The molecule has 0 N–H and O–H groups in total. The molecule has 0 aliphatic carbocycles. The van der Waals surface area contributed by atoms with Crippen LogP contribution in [-0.2, 0) is 23.1 Å². The summed E-state index contributed by atoms with van der Waals surface area (Å²) in [5.41, 5.74) is 1.02. The Balaban J connectivity index is 2.41. The van der Waals surface area contributed by atoms with Crippen LogP contribution >= 0.6 is 0 Å². The van der Waals surface area contributed by atoms with Crippen molar-refractivity contribution in [3.63, 3.8) is 0 Å². The van der Waals surface area contributed by atoms with Crippen LogP contribution in [0.5, 0.6) is 0 Å². The van der Waals surface area contributed by atoms with Gasteiger partial charge in [0.25, 0.3) is 0 Å². The van der Waals surface area contributed by atoms with E-state index in [1.807, 2.05) is 20.2 Å². The zero-order chi connectivity index (χ0) is 11.3. The van der Waals surface area contributed by atoms with Gasteiger partial charge in [-0.1, -0.05) is 0 Å². The van der Waals surface area contributed by atoms with Crippen molar-refractivity contribution in [3.8, 4) is 0 Å². The van der Waals surface area contributed by atoms with Crippen LogP contribution in [0.15, 0.2) is 12.4 Å². The Bertz CT molecular complexity index is 322. The van der Waals surface area contributed by atoms with Crippen LogP contribution in [0.1, 0.15) is 12.5 Å². The number of amides is 1. The van der Waals surface area contributed by atoms with Crippen LogP contribution in [0.4, 0.5) is 0 Å². The molecule has 1 amide bonds. The molecule has 5 nitrogen and oxygen atoms in total. The Morgan fingerprint density at radius 3 is 2.93 bits per heavy atom. The summed E-state index contributed by atoms with van der Waals surface area (Å²) in [7, 11) is 3.61. The summed E-state index contributed by atoms with van der Waals surface area (Å²) in [4.78, 5) is 13.1. The average Bonchev–Trinajstić information content (AvgIpc) is 2.60. The quantitative estimate of drug-likeness (QED) is 0.709. The highest BCUT2D eigenvalue weighted by Gasteiger charge is 2.09. The van der Waals surface area contributed by atoms with Crippen LogP contribution in [0.3, 0.4) is 0 Å². The molecule has 1 rings (SSSR count). The summed E-state index contributed by atoms with van der Waals surface area (Å²) in [5, 5.41) is 4.04. The minimum atomic E-state index is -0.0132. The molecular formula is C10H17N3O2. The highest BCUT2D eigenvalue weighted by molar-refractivity contribution is 5.77. The average molecular weight is 211 g/mol. The predicted molar refractivity (Wildman–Crippen MR) is 56.2 cm³/mol. The number of hydrogen-bond donors (Lipinski definition) is 0. The summed E-state index contributed by atoms with van der Waals surface area (Å²) in [6, 6.07) is 0. The number of aryl methyl sites for hydroxylation is 1. The van der Waals surface area contributed by atoms with E-state index < -0.39 is 0 Å². The molecule has 0 bridgehead atoms. The molecule has 1 heterocycles. The van der Waals surface area contributed by atoms with Gasteiger partial charge in [0.05, 0.1) is 6.20 Å². The lowest BCUT2D eigenvalue weighted by Gasteiger charge is -2.15. The maximum Gasteiger partial charge on any atom is 0.248 e. The van der Waals surface area contributed by atoms with Crippen molar-refractivity contribution in [2.45, 2.75) is 13.5 Å². The van der Waals surface area contributed by atoms with E-state index in [1.54, 1.807) is 22.8 Å². The molecule has 5 heteroatoms. The van der Waals surface area contributed by atoms with Gasteiger partial charge in [0.1, 0.15) is 6.61 Å². The number of carbonyl (C=O) groups is 1. The lowest BCUT2D eigenvalue weighted by molar-refractivity contribution is -0.135. The van der Waals surface area contributed by atoms with Gasteiger partial charge < -0.3 is 9.64 Å². The van der Waals surface area contributed by atoms with Crippen LogP contribution in [0, 0.1) is 0 Å². The first-order chi connectivity index (χ1) is 7.13. The molecule has 0 aromatic carbocycles. The van der Waals surface area contributed by atoms with Crippen LogP contribution in [0.2, 0.25) is 0 Å². The van der Waals surface area contributed by atoms with Gasteiger partial charge in [0, 0.05) is 39.0 Å². The number of likely N-dealkylation sites (N-methyl/N-ethyl adjacent to an activating group) is 1. The lowest BCUT2D eigenvalue weighted by atomic mass is 10.3. The number of nitrogens with zero attached hydrogens (tertiary/aromatic N) is 3. The fraction of sp³-hybridized carbons (Fsp3) is 0.600. The maximum atomic E-state index is 11.5. The normalized spacial score (nSPS) is 10.3. The molecule has 0 atom stereocenters. The predicted octanol–water partition coefficient (Wildman–Crippen LogP) is 0.415. The fourth-order valence-corrected chi connectivity index (χ4v) is 1.22. The third kappa shape index (κ3) is 3.71. The molecule has 1 aromatic heterocycles. The Labute approximate surface area is 89.6 Å². The largest absolute Gasteiger partial charge is 0.372 e. The second-order valence-electron chi connectivity index (χ2n) is 3.41. The van der Waals surface area contributed by atoms with E-state index in [0.29, 0.717) is 13.2 Å². The molecule has 0 aliphatic heterocycles. The van der Waals surface area contributed by atoms with Crippen molar-refractivity contribution in [3.05, 3.63) is 18.0 Å². The highest BCUT2D eigenvalue weighted by atomic mass is 16.5. The molecule has 0 spiro atoms. The third-order valence-corrected chi connectivity index (χ3v) is 2.03.